The molecule has 0 bridgehead atoms. The van der Waals surface area contributed by atoms with Crippen LogP contribution in [0.1, 0.15) is 11.1 Å². The maximum atomic E-state index is 13.0. The summed E-state index contributed by atoms with van der Waals surface area (Å²) in [6.07, 6.45) is 2.80. The van der Waals surface area contributed by atoms with Gasteiger partial charge < -0.3 is 10.1 Å². The Kier molecular flexibility index (Phi) is 5.78. The van der Waals surface area contributed by atoms with E-state index >= 15 is 0 Å². The van der Waals surface area contributed by atoms with Gasteiger partial charge in [0.2, 0.25) is 0 Å². The molecular formula is C18H15F2NO3. The van der Waals surface area contributed by atoms with Gasteiger partial charge in [0.25, 0.3) is 5.91 Å². The largest absolute Gasteiger partial charge is 0.452 e. The van der Waals surface area contributed by atoms with Crippen LogP contribution in [0.4, 0.5) is 14.5 Å². The Bertz CT molecular complexity index is 788. The zero-order valence-corrected chi connectivity index (χ0v) is 12.9. The molecule has 1 amide bonds. The fourth-order valence-corrected chi connectivity index (χ4v) is 1.89. The molecule has 0 aromatic heterocycles. The van der Waals surface area contributed by atoms with Gasteiger partial charge in [0, 0.05) is 17.8 Å². The Morgan fingerprint density at radius 2 is 1.88 bits per heavy atom. The first-order chi connectivity index (χ1) is 11.5. The first kappa shape index (κ1) is 17.3. The molecule has 0 aliphatic carbocycles. The van der Waals surface area contributed by atoms with Crippen LogP contribution in [-0.4, -0.2) is 18.5 Å². The standard InChI is InChI=1S/C18H15F2NO3/c1-12-4-2-3-5-13(12)6-9-18(23)24-11-17(22)21-14-7-8-15(19)16(20)10-14/h2-10H,11H2,1H3,(H,21,22)/b9-6+. The van der Waals surface area contributed by atoms with Crippen molar-refractivity contribution in [3.8, 4) is 0 Å². The molecule has 1 N–H and O–H groups in total. The number of esters is 1. The minimum Gasteiger partial charge on any atom is -0.452 e. The molecule has 2 rings (SSSR count). The van der Waals surface area contributed by atoms with Crippen LogP contribution in [0.2, 0.25) is 0 Å². The highest BCUT2D eigenvalue weighted by Gasteiger charge is 2.08. The van der Waals surface area contributed by atoms with E-state index in [0.717, 1.165) is 23.3 Å². The second kappa shape index (κ2) is 8.01. The lowest BCUT2D eigenvalue weighted by Gasteiger charge is -2.05. The highest BCUT2D eigenvalue weighted by molar-refractivity contribution is 5.94. The quantitative estimate of drug-likeness (QED) is 0.674. The summed E-state index contributed by atoms with van der Waals surface area (Å²) in [5.74, 6) is -3.43. The van der Waals surface area contributed by atoms with E-state index in [4.69, 9.17) is 4.74 Å². The number of halogens is 2. The lowest BCUT2D eigenvalue weighted by atomic mass is 10.1. The van der Waals surface area contributed by atoms with Gasteiger partial charge >= 0.3 is 5.97 Å². The fourth-order valence-electron chi connectivity index (χ4n) is 1.89. The third kappa shape index (κ3) is 5.01. The number of anilines is 1. The monoisotopic (exact) mass is 331 g/mol. The number of benzene rings is 2. The minimum atomic E-state index is -1.08. The van der Waals surface area contributed by atoms with Crippen molar-refractivity contribution in [2.24, 2.45) is 0 Å². The van der Waals surface area contributed by atoms with Gasteiger partial charge in [-0.05, 0) is 36.3 Å². The second-order valence-electron chi connectivity index (χ2n) is 4.97. The Balaban J connectivity index is 1.84. The molecular weight excluding hydrogens is 316 g/mol. The lowest BCUT2D eigenvalue weighted by Crippen LogP contribution is -2.20. The van der Waals surface area contributed by atoms with Crippen LogP contribution in [0.15, 0.2) is 48.5 Å². The number of ether oxygens (including phenoxy) is 1. The van der Waals surface area contributed by atoms with Crippen molar-refractivity contribution in [2.45, 2.75) is 6.92 Å². The lowest BCUT2D eigenvalue weighted by molar-refractivity contribution is -0.142. The van der Waals surface area contributed by atoms with E-state index in [9.17, 15) is 18.4 Å². The smallest absolute Gasteiger partial charge is 0.331 e. The van der Waals surface area contributed by atoms with Crippen molar-refractivity contribution >= 4 is 23.6 Å². The normalized spacial score (nSPS) is 10.6. The van der Waals surface area contributed by atoms with Crippen molar-refractivity contribution in [3.05, 3.63) is 71.3 Å². The average molecular weight is 331 g/mol. The van der Waals surface area contributed by atoms with E-state index in [-0.39, 0.29) is 5.69 Å². The Labute approximate surface area is 137 Å². The van der Waals surface area contributed by atoms with E-state index in [2.05, 4.69) is 5.32 Å². The van der Waals surface area contributed by atoms with Gasteiger partial charge in [-0.2, -0.15) is 0 Å². The summed E-state index contributed by atoms with van der Waals surface area (Å²) in [5.41, 5.74) is 1.93. The van der Waals surface area contributed by atoms with Crippen LogP contribution in [0.3, 0.4) is 0 Å². The van der Waals surface area contributed by atoms with Crippen molar-refractivity contribution in [3.63, 3.8) is 0 Å². The zero-order valence-electron chi connectivity index (χ0n) is 12.9. The Morgan fingerprint density at radius 3 is 2.58 bits per heavy atom. The molecule has 24 heavy (non-hydrogen) atoms. The van der Waals surface area contributed by atoms with Crippen molar-refractivity contribution in [2.75, 3.05) is 11.9 Å². The third-order valence-electron chi connectivity index (χ3n) is 3.14. The molecule has 0 saturated carbocycles. The molecule has 0 unspecified atom stereocenters. The fraction of sp³-hybridized carbons (Fsp3) is 0.111. The van der Waals surface area contributed by atoms with E-state index in [1.165, 1.54) is 12.1 Å². The van der Waals surface area contributed by atoms with Crippen molar-refractivity contribution in [1.29, 1.82) is 0 Å². The molecule has 2 aromatic rings. The summed E-state index contributed by atoms with van der Waals surface area (Å²) >= 11 is 0. The predicted octanol–water partition coefficient (Wildman–Crippen LogP) is 3.47. The van der Waals surface area contributed by atoms with Crippen molar-refractivity contribution in [1.82, 2.24) is 0 Å². The van der Waals surface area contributed by atoms with Crippen molar-refractivity contribution < 1.29 is 23.1 Å². The molecule has 2 aromatic carbocycles. The SMILES string of the molecule is Cc1ccccc1/C=C/C(=O)OCC(=O)Nc1ccc(F)c(F)c1. The maximum Gasteiger partial charge on any atom is 0.331 e. The zero-order chi connectivity index (χ0) is 17.5. The molecule has 0 fully saturated rings. The number of hydrogen-bond donors (Lipinski definition) is 1. The van der Waals surface area contributed by atoms with Crippen LogP contribution in [0, 0.1) is 18.6 Å². The molecule has 0 heterocycles. The average Bonchev–Trinajstić information content (AvgIpc) is 2.55. The highest BCUT2D eigenvalue weighted by Crippen LogP contribution is 2.13. The number of aryl methyl sites for hydroxylation is 1. The Morgan fingerprint density at radius 1 is 1.12 bits per heavy atom. The van der Waals surface area contributed by atoms with Crippen LogP contribution >= 0.6 is 0 Å². The molecule has 0 aliphatic heterocycles. The maximum absolute atomic E-state index is 13.0. The van der Waals surface area contributed by atoms with Gasteiger partial charge in [-0.25, -0.2) is 13.6 Å². The number of rotatable bonds is 5. The summed E-state index contributed by atoms with van der Waals surface area (Å²) in [5, 5.41) is 2.30. The molecule has 124 valence electrons. The number of carbonyl (C=O) groups is 2. The van der Waals surface area contributed by atoms with Gasteiger partial charge in [-0.3, -0.25) is 4.79 Å². The number of amides is 1. The molecule has 0 radical (unpaired) electrons. The van der Waals surface area contributed by atoms with Crippen LogP contribution in [-0.2, 0) is 14.3 Å². The summed E-state index contributed by atoms with van der Waals surface area (Å²) in [4.78, 5) is 23.2. The van der Waals surface area contributed by atoms with E-state index in [0.29, 0.717) is 0 Å². The second-order valence-corrected chi connectivity index (χ2v) is 4.97. The van der Waals surface area contributed by atoms with E-state index in [1.807, 2.05) is 31.2 Å². The molecule has 0 saturated heterocycles. The van der Waals surface area contributed by atoms with Gasteiger partial charge in [0.05, 0.1) is 0 Å². The predicted molar refractivity (Wildman–Crippen MR) is 86.2 cm³/mol. The molecule has 4 nitrogen and oxygen atoms in total. The number of nitrogens with one attached hydrogen (secondary N) is 1. The molecule has 0 aliphatic rings. The van der Waals surface area contributed by atoms with Gasteiger partial charge in [0.1, 0.15) is 0 Å². The third-order valence-corrected chi connectivity index (χ3v) is 3.14. The number of carbonyl (C=O) groups excluding carboxylic acids is 2. The number of hydrogen-bond acceptors (Lipinski definition) is 3. The molecule has 0 spiro atoms. The van der Waals surface area contributed by atoms with Gasteiger partial charge in [-0.1, -0.05) is 24.3 Å². The van der Waals surface area contributed by atoms with E-state index < -0.39 is 30.1 Å². The summed E-state index contributed by atoms with van der Waals surface area (Å²) < 4.78 is 30.6. The van der Waals surface area contributed by atoms with Crippen LogP contribution < -0.4 is 5.32 Å². The summed E-state index contributed by atoms with van der Waals surface area (Å²) in [7, 11) is 0. The first-order valence-corrected chi connectivity index (χ1v) is 7.11. The van der Waals surface area contributed by atoms with Crippen LogP contribution in [0.5, 0.6) is 0 Å². The van der Waals surface area contributed by atoms with E-state index in [1.54, 1.807) is 6.08 Å². The Hall–Kier alpha value is -3.02. The highest BCUT2D eigenvalue weighted by atomic mass is 19.2. The summed E-state index contributed by atoms with van der Waals surface area (Å²) in [6, 6.07) is 10.4. The van der Waals surface area contributed by atoms with Gasteiger partial charge in [0.15, 0.2) is 18.2 Å². The van der Waals surface area contributed by atoms with Gasteiger partial charge in [-0.15, -0.1) is 0 Å². The summed E-state index contributed by atoms with van der Waals surface area (Å²) in [6.45, 7) is 1.37. The van der Waals surface area contributed by atoms with Crippen LogP contribution in [0.25, 0.3) is 6.08 Å². The minimum absolute atomic E-state index is 0.0744. The molecule has 0 atom stereocenters. The topological polar surface area (TPSA) is 55.4 Å². The first-order valence-electron chi connectivity index (χ1n) is 7.11. The molecule has 6 heteroatoms.